The van der Waals surface area contributed by atoms with Gasteiger partial charge in [-0.1, -0.05) is 66.2 Å². The van der Waals surface area contributed by atoms with Crippen molar-refractivity contribution in [2.24, 2.45) is 0 Å². The number of hydrogen-bond donors (Lipinski definition) is 2. The molecule has 0 saturated carbocycles. The lowest BCUT2D eigenvalue weighted by Gasteiger charge is -2.43. The summed E-state index contributed by atoms with van der Waals surface area (Å²) in [5.41, 5.74) is -0.766. The summed E-state index contributed by atoms with van der Waals surface area (Å²) >= 11 is 7.61. The number of amides is 1. The van der Waals surface area contributed by atoms with Crippen LogP contribution < -0.4 is 14.9 Å². The van der Waals surface area contributed by atoms with Crippen molar-refractivity contribution in [3.8, 4) is 11.1 Å². The van der Waals surface area contributed by atoms with Crippen molar-refractivity contribution in [1.82, 2.24) is 14.5 Å². The van der Waals surface area contributed by atoms with Gasteiger partial charge in [0.15, 0.2) is 0 Å². The number of carbonyl (C=O) groups excluding carboxylic acids is 1. The van der Waals surface area contributed by atoms with Crippen molar-refractivity contribution in [2.75, 3.05) is 68.5 Å². The zero-order valence-corrected chi connectivity index (χ0v) is 39.3. The quantitative estimate of drug-likeness (QED) is 0.0979. The number of morpholine rings is 1. The molecule has 350 valence electrons. The molecule has 66 heavy (non-hydrogen) atoms. The zero-order chi connectivity index (χ0) is 46.5. The molecule has 0 bridgehead atoms. The molecule has 2 saturated heterocycles. The number of alkyl halides is 3. The molecular weight excluding hydrogens is 931 g/mol. The molecule has 2 atom stereocenters. The summed E-state index contributed by atoms with van der Waals surface area (Å²) in [4.78, 5) is 19.5. The summed E-state index contributed by atoms with van der Waals surface area (Å²) in [6.07, 6.45) is 2.84. The monoisotopic (exact) mass is 981 g/mol. The number of piperazine rings is 1. The van der Waals surface area contributed by atoms with Gasteiger partial charge in [0, 0.05) is 84.8 Å². The van der Waals surface area contributed by atoms with Crippen LogP contribution in [0.4, 0.5) is 24.5 Å². The van der Waals surface area contributed by atoms with E-state index in [0.29, 0.717) is 62.5 Å². The van der Waals surface area contributed by atoms with Gasteiger partial charge in [0.2, 0.25) is 0 Å². The van der Waals surface area contributed by atoms with Crippen LogP contribution in [0.1, 0.15) is 40.7 Å². The van der Waals surface area contributed by atoms with Gasteiger partial charge >= 0.3 is 5.51 Å². The Hall–Kier alpha value is -4.62. The number of carbonyl (C=O) groups is 1. The highest BCUT2D eigenvalue weighted by Crippen LogP contribution is 2.38. The fourth-order valence-corrected chi connectivity index (χ4v) is 12.0. The van der Waals surface area contributed by atoms with Crippen molar-refractivity contribution in [1.29, 1.82) is 0 Å². The van der Waals surface area contributed by atoms with Gasteiger partial charge in [-0.2, -0.15) is 13.2 Å². The van der Waals surface area contributed by atoms with Gasteiger partial charge < -0.3 is 15.0 Å². The third-order valence-corrected chi connectivity index (χ3v) is 16.6. The first-order chi connectivity index (χ1) is 31.6. The molecule has 3 aliphatic rings. The van der Waals surface area contributed by atoms with E-state index in [1.807, 2.05) is 77.5 Å². The first kappa shape index (κ1) is 47.9. The van der Waals surface area contributed by atoms with E-state index in [1.54, 1.807) is 6.07 Å². The van der Waals surface area contributed by atoms with Gasteiger partial charge in [-0.05, 0) is 109 Å². The number of fused-ring (bicyclic) bond motifs is 3. The molecule has 5 aromatic carbocycles. The summed E-state index contributed by atoms with van der Waals surface area (Å²) in [6, 6.07) is 32.8. The molecule has 3 aliphatic heterocycles. The minimum Gasteiger partial charge on any atom is -0.380 e. The van der Waals surface area contributed by atoms with E-state index < -0.39 is 52.8 Å². The van der Waals surface area contributed by atoms with Gasteiger partial charge in [-0.15, -0.1) is 11.8 Å². The number of nitrogens with zero attached hydrogens (tertiary/aromatic N) is 3. The van der Waals surface area contributed by atoms with E-state index in [0.717, 1.165) is 78.4 Å². The Bertz CT molecular complexity index is 2730. The number of hydrogen-bond acceptors (Lipinski definition) is 11. The molecule has 1 unspecified atom stereocenters. The van der Waals surface area contributed by atoms with Crippen LogP contribution in [0, 0.1) is 0 Å². The van der Waals surface area contributed by atoms with Crippen LogP contribution in [-0.4, -0.2) is 108 Å². The van der Waals surface area contributed by atoms with E-state index in [-0.39, 0.29) is 11.6 Å². The van der Waals surface area contributed by atoms with Crippen LogP contribution >= 0.6 is 23.4 Å². The molecule has 0 spiro atoms. The summed E-state index contributed by atoms with van der Waals surface area (Å²) in [6.45, 7) is 6.17. The normalized spacial score (nSPS) is 17.9. The third-order valence-electron chi connectivity index (χ3n) is 12.3. The first-order valence-electron chi connectivity index (χ1n) is 21.9. The van der Waals surface area contributed by atoms with Gasteiger partial charge in [-0.3, -0.25) is 14.6 Å². The summed E-state index contributed by atoms with van der Waals surface area (Å²) in [5.74, 6) is -0.625. The lowest BCUT2D eigenvalue weighted by atomic mass is 9.98. The van der Waals surface area contributed by atoms with Crippen LogP contribution in [0.15, 0.2) is 130 Å². The van der Waals surface area contributed by atoms with Crippen molar-refractivity contribution < 1.29 is 39.5 Å². The SMILES string of the molecule is O=C(NS(=O)(=O)c1ccc(N[C@H](CCN2CCOCC2)CSc2ccccc2)c(S(=O)(=O)C(F)(F)F)c1)c1ccc2c(c1)CCCC1CN(Cc3ccccc3-c3ccc(Cl)cc3)CCN21. The number of anilines is 2. The zero-order valence-electron chi connectivity index (χ0n) is 36.1. The number of benzene rings is 5. The Labute approximate surface area is 393 Å². The van der Waals surface area contributed by atoms with E-state index in [1.165, 1.54) is 23.4 Å². The van der Waals surface area contributed by atoms with Crippen LogP contribution in [0.3, 0.4) is 0 Å². The van der Waals surface area contributed by atoms with Gasteiger partial charge in [-0.25, -0.2) is 21.6 Å². The van der Waals surface area contributed by atoms with Crippen LogP contribution in [0.2, 0.25) is 5.02 Å². The number of sulfone groups is 1. The minimum absolute atomic E-state index is 0.0497. The molecule has 0 aromatic heterocycles. The molecule has 3 heterocycles. The molecule has 1 amide bonds. The Morgan fingerprint density at radius 3 is 2.35 bits per heavy atom. The Kier molecular flexibility index (Phi) is 15.0. The largest absolute Gasteiger partial charge is 0.501 e. The van der Waals surface area contributed by atoms with Crippen molar-refractivity contribution in [2.45, 2.75) is 64.5 Å². The lowest BCUT2D eigenvalue weighted by molar-refractivity contribution is -0.0435. The number of halogens is 4. The number of nitrogens with one attached hydrogen (secondary N) is 2. The predicted molar refractivity (Wildman–Crippen MR) is 253 cm³/mol. The average Bonchev–Trinajstić information content (AvgIpc) is 3.49. The van der Waals surface area contributed by atoms with Crippen molar-refractivity contribution in [3.05, 3.63) is 137 Å². The Morgan fingerprint density at radius 1 is 0.848 bits per heavy atom. The van der Waals surface area contributed by atoms with Crippen LogP contribution in [-0.2, 0) is 37.6 Å². The predicted octanol–water partition coefficient (Wildman–Crippen LogP) is 8.74. The minimum atomic E-state index is -6.06. The Morgan fingerprint density at radius 2 is 1.59 bits per heavy atom. The summed E-state index contributed by atoms with van der Waals surface area (Å²) in [5, 5.41) is 3.69. The molecule has 2 fully saturated rings. The Balaban J connectivity index is 0.975. The smallest absolute Gasteiger partial charge is 0.380 e. The van der Waals surface area contributed by atoms with E-state index in [4.69, 9.17) is 16.3 Å². The van der Waals surface area contributed by atoms with E-state index >= 15 is 0 Å². The summed E-state index contributed by atoms with van der Waals surface area (Å²) < 4.78 is 104. The maximum Gasteiger partial charge on any atom is 0.501 e. The molecule has 18 heteroatoms. The van der Waals surface area contributed by atoms with Gasteiger partial charge in [0.25, 0.3) is 25.8 Å². The standard InChI is InChI=1S/C48H51ClF3N5O6S3/c49-38-16-13-34(14-17-38)43-12-5-4-7-37(43)31-56-23-24-57-40(32-56)9-6-8-35-29-36(15-20-45(35)57)47(58)54-66(61,62)42-18-19-44(46(30-42)65(59,60)48(50,51)52)53-39(21-22-55-25-27-63-28-26-55)33-64-41-10-2-1-3-11-41/h1-5,7,10-20,29-30,39-40,53H,6,8-9,21-28,31-33H2,(H,54,58)/t39-,40?/m1/s1. The highest BCUT2D eigenvalue weighted by atomic mass is 35.5. The number of ether oxygens (including phenoxy) is 1. The molecule has 2 N–H and O–H groups in total. The van der Waals surface area contributed by atoms with Gasteiger partial charge in [0.05, 0.1) is 23.8 Å². The maximum atomic E-state index is 14.3. The molecule has 5 aromatic rings. The molecule has 0 aliphatic carbocycles. The molecular formula is C48H51ClF3N5O6S3. The average molecular weight is 983 g/mol. The fourth-order valence-electron chi connectivity index (χ4n) is 8.84. The second kappa shape index (κ2) is 20.7. The topological polar surface area (TPSA) is 128 Å². The van der Waals surface area contributed by atoms with Gasteiger partial charge in [0.1, 0.15) is 4.90 Å². The second-order valence-electron chi connectivity index (χ2n) is 16.7. The van der Waals surface area contributed by atoms with Crippen molar-refractivity contribution >= 4 is 60.5 Å². The molecule has 0 radical (unpaired) electrons. The van der Waals surface area contributed by atoms with E-state index in [9.17, 15) is 34.8 Å². The maximum absolute atomic E-state index is 14.3. The lowest BCUT2D eigenvalue weighted by Crippen LogP contribution is -2.52. The number of sulfonamides is 1. The van der Waals surface area contributed by atoms with Crippen LogP contribution in [0.25, 0.3) is 11.1 Å². The number of rotatable bonds is 15. The third kappa shape index (κ3) is 11.4. The first-order valence-corrected chi connectivity index (χ1v) is 26.2. The highest BCUT2D eigenvalue weighted by molar-refractivity contribution is 7.99. The molecule has 11 nitrogen and oxygen atoms in total. The van der Waals surface area contributed by atoms with E-state index in [2.05, 4.69) is 32.1 Å². The highest BCUT2D eigenvalue weighted by Gasteiger charge is 2.48. The number of thioether (sulfide) groups is 1. The summed E-state index contributed by atoms with van der Waals surface area (Å²) in [7, 11) is -10.9. The van der Waals surface area contributed by atoms with Crippen molar-refractivity contribution in [3.63, 3.8) is 0 Å². The second-order valence-corrected chi connectivity index (χ2v) is 21.9. The molecule has 8 rings (SSSR count). The number of aryl methyl sites for hydroxylation is 1. The van der Waals surface area contributed by atoms with Crippen LogP contribution in [0.5, 0.6) is 0 Å². The fraction of sp³-hybridized carbons (Fsp3) is 0.354.